The Bertz CT molecular complexity index is 282. The third-order valence-electron chi connectivity index (χ3n) is 4.23. The molecule has 0 spiro atoms. The summed E-state index contributed by atoms with van der Waals surface area (Å²) >= 11 is 3.81. The molecule has 2 fully saturated rings. The third-order valence-corrected chi connectivity index (χ3v) is 5.45. The molecule has 0 heterocycles. The van der Waals surface area contributed by atoms with Crippen molar-refractivity contribution in [2.75, 3.05) is 0 Å². The van der Waals surface area contributed by atoms with Gasteiger partial charge in [-0.1, -0.05) is 40.2 Å². The Morgan fingerprint density at radius 3 is 2.08 bits per heavy atom. The van der Waals surface area contributed by atoms with E-state index >= 15 is 0 Å². The van der Waals surface area contributed by atoms with Crippen molar-refractivity contribution in [2.24, 2.45) is 35.5 Å². The van der Waals surface area contributed by atoms with Crippen molar-refractivity contribution in [3.8, 4) is 0 Å². The van der Waals surface area contributed by atoms with Gasteiger partial charge < -0.3 is 0 Å². The van der Waals surface area contributed by atoms with Crippen LogP contribution in [-0.4, -0.2) is 4.83 Å². The number of hydrogen-bond acceptors (Lipinski definition) is 0. The fourth-order valence-electron chi connectivity index (χ4n) is 3.50. The van der Waals surface area contributed by atoms with Gasteiger partial charge in [-0.05, 0) is 35.5 Å². The van der Waals surface area contributed by atoms with Gasteiger partial charge in [-0.3, -0.25) is 0 Å². The lowest BCUT2D eigenvalue weighted by atomic mass is 10.0. The average Bonchev–Trinajstić information content (AvgIpc) is 2.84. The van der Waals surface area contributed by atoms with Crippen LogP contribution >= 0.6 is 15.9 Å². The Kier molecular flexibility index (Phi) is 0.934. The molecule has 1 heteroatoms. The molecule has 0 aromatic carbocycles. The molecule has 5 aliphatic carbocycles. The summed E-state index contributed by atoms with van der Waals surface area (Å²) in [5.74, 6) is 5.57. The van der Waals surface area contributed by atoms with Gasteiger partial charge in [0.05, 0.1) is 0 Å². The van der Waals surface area contributed by atoms with Crippen LogP contribution in [0.15, 0.2) is 24.3 Å². The molecule has 0 aromatic heterocycles. The molecule has 0 N–H and O–H groups in total. The number of halogens is 1. The molecule has 0 saturated heterocycles. The average molecular weight is 223 g/mol. The van der Waals surface area contributed by atoms with E-state index in [0.29, 0.717) is 0 Å². The minimum atomic E-state index is 0.763. The monoisotopic (exact) mass is 222 g/mol. The van der Waals surface area contributed by atoms with Crippen LogP contribution in [0.4, 0.5) is 0 Å². The van der Waals surface area contributed by atoms with Crippen molar-refractivity contribution < 1.29 is 0 Å². The quantitative estimate of drug-likeness (QED) is 0.437. The van der Waals surface area contributed by atoms with Crippen LogP contribution in [0.25, 0.3) is 0 Å². The van der Waals surface area contributed by atoms with E-state index in [-0.39, 0.29) is 0 Å². The van der Waals surface area contributed by atoms with Crippen molar-refractivity contribution >= 4 is 15.9 Å². The Labute approximate surface area is 80.9 Å². The van der Waals surface area contributed by atoms with Crippen LogP contribution in [0, 0.1) is 35.5 Å². The molecule has 12 heavy (non-hydrogen) atoms. The smallest absolute Gasteiger partial charge is 0.0220 e. The summed E-state index contributed by atoms with van der Waals surface area (Å²) in [6, 6.07) is 0. The van der Waals surface area contributed by atoms with Crippen LogP contribution < -0.4 is 0 Å². The lowest BCUT2D eigenvalue weighted by Gasteiger charge is -2.02. The van der Waals surface area contributed by atoms with E-state index in [1.807, 2.05) is 0 Å². The van der Waals surface area contributed by atoms with E-state index < -0.39 is 0 Å². The van der Waals surface area contributed by atoms with E-state index in [4.69, 9.17) is 0 Å². The Balaban J connectivity index is 1.89. The molecule has 0 nitrogen and oxygen atoms in total. The maximum absolute atomic E-state index is 3.81. The first-order chi connectivity index (χ1) is 5.88. The van der Waals surface area contributed by atoms with Gasteiger partial charge in [0, 0.05) is 4.83 Å². The second-order valence-corrected chi connectivity index (χ2v) is 5.74. The van der Waals surface area contributed by atoms with E-state index in [2.05, 4.69) is 40.2 Å². The first kappa shape index (κ1) is 6.42. The maximum Gasteiger partial charge on any atom is 0.0220 e. The van der Waals surface area contributed by atoms with Crippen LogP contribution in [0.3, 0.4) is 0 Å². The molecular formula is C11H11Br. The molecule has 0 aliphatic heterocycles. The first-order valence-electron chi connectivity index (χ1n) is 4.88. The molecule has 5 atom stereocenters. The zero-order chi connectivity index (χ0) is 7.87. The van der Waals surface area contributed by atoms with Crippen LogP contribution in [0.2, 0.25) is 0 Å². The Hall–Kier alpha value is -0.0400. The van der Waals surface area contributed by atoms with Crippen LogP contribution in [0.1, 0.15) is 0 Å². The largest absolute Gasteiger partial charge is 0.0884 e. The van der Waals surface area contributed by atoms with E-state index in [1.54, 1.807) is 0 Å². The zero-order valence-electron chi connectivity index (χ0n) is 6.73. The van der Waals surface area contributed by atoms with Gasteiger partial charge in [0.25, 0.3) is 0 Å². The summed E-state index contributed by atoms with van der Waals surface area (Å²) < 4.78 is 0. The minimum absolute atomic E-state index is 0.763. The number of rotatable bonds is 0. The van der Waals surface area contributed by atoms with Crippen molar-refractivity contribution in [1.82, 2.24) is 0 Å². The number of alkyl halides is 1. The van der Waals surface area contributed by atoms with Gasteiger partial charge in [0.1, 0.15) is 0 Å². The minimum Gasteiger partial charge on any atom is -0.0884 e. The van der Waals surface area contributed by atoms with Gasteiger partial charge in [-0.25, -0.2) is 0 Å². The van der Waals surface area contributed by atoms with Crippen molar-refractivity contribution in [2.45, 2.75) is 4.83 Å². The summed E-state index contributed by atoms with van der Waals surface area (Å²) in [6.45, 7) is 0. The van der Waals surface area contributed by atoms with Gasteiger partial charge in [0.15, 0.2) is 0 Å². The number of allylic oxidation sites excluding steroid dienone is 4. The summed E-state index contributed by atoms with van der Waals surface area (Å²) in [6.07, 6.45) is 9.86. The lowest BCUT2D eigenvalue weighted by Crippen LogP contribution is -1.95. The second kappa shape index (κ2) is 1.75. The normalized spacial score (nSPS) is 68.6. The second-order valence-electron chi connectivity index (χ2n) is 4.68. The summed E-state index contributed by atoms with van der Waals surface area (Å²) in [4.78, 5) is 0.842. The van der Waals surface area contributed by atoms with Crippen LogP contribution in [0.5, 0.6) is 0 Å². The standard InChI is InChI=1S/C11H11Br/c12-11-8-5-1-3-6-7(4-2-5)9(6)10(8)11/h1-11H. The van der Waals surface area contributed by atoms with E-state index in [9.17, 15) is 0 Å². The topological polar surface area (TPSA) is 0 Å². The van der Waals surface area contributed by atoms with E-state index in [0.717, 1.165) is 40.3 Å². The predicted molar refractivity (Wildman–Crippen MR) is 51.9 cm³/mol. The molecule has 5 unspecified atom stereocenters. The highest BCUT2D eigenvalue weighted by molar-refractivity contribution is 9.09. The zero-order valence-corrected chi connectivity index (χ0v) is 8.31. The molecule has 62 valence electrons. The SMILES string of the molecule is BrC1C2C3C=CC4C(C=C3)C4C12. The van der Waals surface area contributed by atoms with Crippen molar-refractivity contribution in [3.05, 3.63) is 24.3 Å². The van der Waals surface area contributed by atoms with Crippen molar-refractivity contribution in [1.29, 1.82) is 0 Å². The van der Waals surface area contributed by atoms with Gasteiger partial charge in [0.2, 0.25) is 0 Å². The molecule has 5 aliphatic rings. The fraction of sp³-hybridized carbons (Fsp3) is 0.636. The predicted octanol–water partition coefficient (Wildman–Crippen LogP) is 2.61. The molecule has 4 bridgehead atoms. The Morgan fingerprint density at radius 2 is 1.42 bits per heavy atom. The maximum atomic E-state index is 3.81. The van der Waals surface area contributed by atoms with Crippen molar-refractivity contribution in [3.63, 3.8) is 0 Å². The molecule has 0 radical (unpaired) electrons. The molecule has 5 rings (SSSR count). The van der Waals surface area contributed by atoms with Crippen LogP contribution in [-0.2, 0) is 0 Å². The van der Waals surface area contributed by atoms with Gasteiger partial charge >= 0.3 is 0 Å². The summed E-state index contributed by atoms with van der Waals surface area (Å²) in [5.41, 5.74) is 0. The first-order valence-corrected chi connectivity index (χ1v) is 5.80. The molecular weight excluding hydrogens is 212 g/mol. The molecule has 2 saturated carbocycles. The number of hydrogen-bond donors (Lipinski definition) is 0. The highest BCUT2D eigenvalue weighted by Crippen LogP contribution is 2.70. The van der Waals surface area contributed by atoms with Gasteiger partial charge in [-0.15, -0.1) is 0 Å². The molecule has 0 aromatic rings. The highest BCUT2D eigenvalue weighted by Gasteiger charge is 2.67. The van der Waals surface area contributed by atoms with E-state index in [1.165, 1.54) is 0 Å². The highest BCUT2D eigenvalue weighted by atomic mass is 79.9. The third kappa shape index (κ3) is 0.555. The fourth-order valence-corrected chi connectivity index (χ4v) is 4.74. The Morgan fingerprint density at radius 1 is 0.750 bits per heavy atom. The summed E-state index contributed by atoms with van der Waals surface area (Å²) in [5, 5.41) is 0. The lowest BCUT2D eigenvalue weighted by molar-refractivity contribution is 0.574. The van der Waals surface area contributed by atoms with Gasteiger partial charge in [-0.2, -0.15) is 0 Å². The molecule has 0 amide bonds. The summed E-state index contributed by atoms with van der Waals surface area (Å²) in [7, 11) is 0.